The van der Waals surface area contributed by atoms with E-state index in [1.165, 1.54) is 0 Å². The summed E-state index contributed by atoms with van der Waals surface area (Å²) < 4.78 is 0. The van der Waals surface area contributed by atoms with Crippen LogP contribution >= 0.6 is 0 Å². The number of hydrogen-bond acceptors (Lipinski definition) is 3. The van der Waals surface area contributed by atoms with Crippen LogP contribution in [0.5, 0.6) is 0 Å². The summed E-state index contributed by atoms with van der Waals surface area (Å²) in [6.45, 7) is 0. The van der Waals surface area contributed by atoms with E-state index in [0.29, 0.717) is 12.8 Å². The highest BCUT2D eigenvalue weighted by Gasteiger charge is 2.37. The highest BCUT2D eigenvalue weighted by Crippen LogP contribution is 2.31. The van der Waals surface area contributed by atoms with Crippen LogP contribution in [-0.4, -0.2) is 34.2 Å². The van der Waals surface area contributed by atoms with Crippen molar-refractivity contribution in [2.24, 2.45) is 11.8 Å². The van der Waals surface area contributed by atoms with Gasteiger partial charge in [-0.2, -0.15) is 0 Å². The van der Waals surface area contributed by atoms with Crippen molar-refractivity contribution in [2.45, 2.75) is 63.5 Å². The maximum Gasteiger partial charge on any atom is 0.307 e. The topological polar surface area (TPSA) is 86.6 Å². The molecule has 2 rings (SSSR count). The van der Waals surface area contributed by atoms with E-state index in [-0.39, 0.29) is 11.9 Å². The van der Waals surface area contributed by atoms with Gasteiger partial charge in [-0.3, -0.25) is 9.59 Å². The fourth-order valence-corrected chi connectivity index (χ4v) is 3.31. The molecule has 1 amide bonds. The summed E-state index contributed by atoms with van der Waals surface area (Å²) in [5.41, 5.74) is 0. The predicted molar refractivity (Wildman–Crippen MR) is 69.5 cm³/mol. The quantitative estimate of drug-likeness (QED) is 0.720. The molecule has 5 nitrogen and oxygen atoms in total. The molecular formula is C14H23NO4. The molecule has 0 bridgehead atoms. The fraction of sp³-hybridized carbons (Fsp3) is 0.857. The Kier molecular flexibility index (Phi) is 4.80. The third-order valence-corrected chi connectivity index (χ3v) is 4.48. The van der Waals surface area contributed by atoms with Gasteiger partial charge < -0.3 is 15.5 Å². The molecular weight excluding hydrogens is 246 g/mol. The molecule has 3 N–H and O–H groups in total. The second-order valence-corrected chi connectivity index (χ2v) is 5.80. The number of aliphatic hydroxyl groups excluding tert-OH is 1. The minimum Gasteiger partial charge on any atom is -0.481 e. The molecule has 0 aromatic carbocycles. The number of aliphatic hydroxyl groups is 1. The van der Waals surface area contributed by atoms with Gasteiger partial charge in [-0.05, 0) is 25.7 Å². The summed E-state index contributed by atoms with van der Waals surface area (Å²) in [5.74, 6) is -2.04. The summed E-state index contributed by atoms with van der Waals surface area (Å²) in [4.78, 5) is 23.4. The van der Waals surface area contributed by atoms with Crippen LogP contribution < -0.4 is 5.32 Å². The smallest absolute Gasteiger partial charge is 0.307 e. The number of rotatable bonds is 3. The first-order chi connectivity index (χ1) is 9.09. The average Bonchev–Trinajstić information content (AvgIpc) is 2.41. The van der Waals surface area contributed by atoms with Crippen LogP contribution in [0.2, 0.25) is 0 Å². The van der Waals surface area contributed by atoms with Gasteiger partial charge in [0.25, 0.3) is 0 Å². The van der Waals surface area contributed by atoms with Crippen molar-refractivity contribution >= 4 is 11.9 Å². The SMILES string of the molecule is O=C(O)C1CCCCC1C(=O)N[C@@H]1CCCC[C@H]1O. The molecule has 2 fully saturated rings. The molecule has 0 aromatic rings. The Labute approximate surface area is 113 Å². The maximum atomic E-state index is 12.2. The van der Waals surface area contributed by atoms with Crippen molar-refractivity contribution < 1.29 is 19.8 Å². The minimum absolute atomic E-state index is 0.182. The van der Waals surface area contributed by atoms with Crippen molar-refractivity contribution in [1.82, 2.24) is 5.32 Å². The summed E-state index contributed by atoms with van der Waals surface area (Å²) in [5, 5.41) is 21.9. The van der Waals surface area contributed by atoms with E-state index in [1.807, 2.05) is 0 Å². The van der Waals surface area contributed by atoms with Gasteiger partial charge in [0, 0.05) is 0 Å². The lowest BCUT2D eigenvalue weighted by molar-refractivity contribution is -0.149. The second kappa shape index (κ2) is 6.37. The third kappa shape index (κ3) is 3.47. The van der Waals surface area contributed by atoms with Crippen molar-refractivity contribution in [2.75, 3.05) is 0 Å². The lowest BCUT2D eigenvalue weighted by Crippen LogP contribution is -2.49. The molecule has 0 spiro atoms. The van der Waals surface area contributed by atoms with Crippen molar-refractivity contribution in [3.05, 3.63) is 0 Å². The highest BCUT2D eigenvalue weighted by atomic mass is 16.4. The Balaban J connectivity index is 1.95. The van der Waals surface area contributed by atoms with Crippen LogP contribution in [0.1, 0.15) is 51.4 Å². The fourth-order valence-electron chi connectivity index (χ4n) is 3.31. The number of hydrogen-bond donors (Lipinski definition) is 3. The molecule has 2 aliphatic rings. The van der Waals surface area contributed by atoms with E-state index in [2.05, 4.69) is 5.32 Å². The summed E-state index contributed by atoms with van der Waals surface area (Å²) in [7, 11) is 0. The third-order valence-electron chi connectivity index (χ3n) is 4.48. The van der Waals surface area contributed by atoms with Crippen molar-refractivity contribution in [1.29, 1.82) is 0 Å². The van der Waals surface area contributed by atoms with E-state index in [1.54, 1.807) is 0 Å². The zero-order chi connectivity index (χ0) is 13.8. The minimum atomic E-state index is -0.871. The van der Waals surface area contributed by atoms with Crippen LogP contribution in [0.4, 0.5) is 0 Å². The molecule has 2 saturated carbocycles. The highest BCUT2D eigenvalue weighted by molar-refractivity contribution is 5.85. The Bertz CT molecular complexity index is 344. The standard InChI is InChI=1S/C14H23NO4/c16-12-8-4-3-7-11(12)15-13(17)9-5-1-2-6-10(9)14(18)19/h9-12,16H,1-8H2,(H,15,17)(H,18,19)/t9?,10?,11-,12-/m1/s1. The molecule has 2 aliphatic carbocycles. The van der Waals surface area contributed by atoms with Crippen molar-refractivity contribution in [3.8, 4) is 0 Å². The predicted octanol–water partition coefficient (Wildman–Crippen LogP) is 1.30. The molecule has 0 radical (unpaired) electrons. The van der Waals surface area contributed by atoms with Gasteiger partial charge in [0.05, 0.1) is 24.0 Å². The van der Waals surface area contributed by atoms with E-state index < -0.39 is 23.9 Å². The lowest BCUT2D eigenvalue weighted by atomic mass is 9.78. The van der Waals surface area contributed by atoms with E-state index >= 15 is 0 Å². The monoisotopic (exact) mass is 269 g/mol. The normalized spacial score (nSPS) is 35.6. The Morgan fingerprint density at radius 1 is 0.895 bits per heavy atom. The van der Waals surface area contributed by atoms with Crippen LogP contribution in [0.25, 0.3) is 0 Å². The van der Waals surface area contributed by atoms with Crippen LogP contribution in [0.15, 0.2) is 0 Å². The Hall–Kier alpha value is -1.10. The first-order valence-corrected chi connectivity index (χ1v) is 7.31. The van der Waals surface area contributed by atoms with Crippen LogP contribution in [0, 0.1) is 11.8 Å². The molecule has 0 aliphatic heterocycles. The molecule has 0 heterocycles. The van der Waals surface area contributed by atoms with Gasteiger partial charge in [-0.25, -0.2) is 0 Å². The van der Waals surface area contributed by atoms with E-state index in [9.17, 15) is 19.8 Å². The number of carbonyl (C=O) groups excluding carboxylic acids is 1. The molecule has 4 atom stereocenters. The van der Waals surface area contributed by atoms with Crippen molar-refractivity contribution in [3.63, 3.8) is 0 Å². The van der Waals surface area contributed by atoms with Gasteiger partial charge in [0.2, 0.25) is 5.91 Å². The molecule has 0 saturated heterocycles. The number of aliphatic carboxylic acids is 1. The van der Waals surface area contributed by atoms with Crippen LogP contribution in [-0.2, 0) is 9.59 Å². The summed E-state index contributed by atoms with van der Waals surface area (Å²) >= 11 is 0. The molecule has 108 valence electrons. The largest absolute Gasteiger partial charge is 0.481 e. The number of nitrogens with one attached hydrogen (secondary N) is 1. The van der Waals surface area contributed by atoms with Gasteiger partial charge in [0.1, 0.15) is 0 Å². The first kappa shape index (κ1) is 14.3. The average molecular weight is 269 g/mol. The number of carboxylic acids is 1. The van der Waals surface area contributed by atoms with Gasteiger partial charge in [0.15, 0.2) is 0 Å². The molecule has 0 aromatic heterocycles. The Morgan fingerprint density at radius 3 is 2.11 bits per heavy atom. The lowest BCUT2D eigenvalue weighted by Gasteiger charge is -2.32. The molecule has 2 unspecified atom stereocenters. The zero-order valence-corrected chi connectivity index (χ0v) is 11.2. The zero-order valence-electron chi connectivity index (χ0n) is 11.2. The number of amides is 1. The van der Waals surface area contributed by atoms with E-state index in [4.69, 9.17) is 0 Å². The molecule has 5 heteroatoms. The summed E-state index contributed by atoms with van der Waals surface area (Å²) in [6.07, 6.45) is 6.05. The Morgan fingerprint density at radius 2 is 1.47 bits per heavy atom. The summed E-state index contributed by atoms with van der Waals surface area (Å²) in [6, 6.07) is -0.197. The van der Waals surface area contributed by atoms with Crippen LogP contribution in [0.3, 0.4) is 0 Å². The number of carbonyl (C=O) groups is 2. The van der Waals surface area contributed by atoms with Gasteiger partial charge in [-0.15, -0.1) is 0 Å². The van der Waals surface area contributed by atoms with Gasteiger partial charge >= 0.3 is 5.97 Å². The van der Waals surface area contributed by atoms with Gasteiger partial charge in [-0.1, -0.05) is 25.7 Å². The first-order valence-electron chi connectivity index (χ1n) is 7.31. The maximum absolute atomic E-state index is 12.2. The number of carboxylic acid groups (broad SMARTS) is 1. The van der Waals surface area contributed by atoms with E-state index in [0.717, 1.165) is 38.5 Å². The second-order valence-electron chi connectivity index (χ2n) is 5.80. The molecule has 19 heavy (non-hydrogen) atoms.